The van der Waals surface area contributed by atoms with Gasteiger partial charge in [0, 0.05) is 27.3 Å². The van der Waals surface area contributed by atoms with Crippen molar-refractivity contribution >= 4 is 23.1 Å². The molecule has 1 rings (SSSR count). The van der Waals surface area contributed by atoms with E-state index in [9.17, 15) is 10.1 Å². The Morgan fingerprint density at radius 1 is 1.50 bits per heavy atom. The Kier molecular flexibility index (Phi) is 5.24. The molecule has 0 spiro atoms. The maximum atomic E-state index is 11.0. The molecule has 0 radical (unpaired) electrons. The van der Waals surface area contributed by atoms with E-state index < -0.39 is 4.92 Å². The van der Waals surface area contributed by atoms with Crippen LogP contribution in [0.1, 0.15) is 12.1 Å². The Balaban J connectivity index is 3.02. The third-order valence-corrected chi connectivity index (χ3v) is 2.57. The molecule has 0 fully saturated rings. The molecule has 0 atom stereocenters. The van der Waals surface area contributed by atoms with Gasteiger partial charge in [-0.1, -0.05) is 0 Å². The number of hydrogen-bond donors (Lipinski definition) is 0. The Bertz CT molecular complexity index is 441. The average Bonchev–Trinajstić information content (AvgIpc) is 2.27. The second kappa shape index (κ2) is 6.46. The van der Waals surface area contributed by atoms with Crippen molar-refractivity contribution in [3.8, 4) is 0 Å². The Morgan fingerprint density at radius 2 is 2.17 bits per heavy atom. The van der Waals surface area contributed by atoms with Gasteiger partial charge in [-0.05, 0) is 24.9 Å². The van der Waals surface area contributed by atoms with Crippen LogP contribution < -0.4 is 4.90 Å². The van der Waals surface area contributed by atoms with Gasteiger partial charge in [-0.2, -0.15) is 4.98 Å². The third kappa shape index (κ3) is 3.51. The summed E-state index contributed by atoms with van der Waals surface area (Å²) >= 11 is 5.74. The van der Waals surface area contributed by atoms with Crippen LogP contribution in [0.5, 0.6) is 0 Å². The smallest absolute Gasteiger partial charge is 0.332 e. The summed E-state index contributed by atoms with van der Waals surface area (Å²) in [7, 11) is 3.33. The number of hydrogen-bond acceptors (Lipinski definition) is 6. The molecule has 1 heterocycles. The summed E-state index contributed by atoms with van der Waals surface area (Å²) in [5, 5.41) is 11.0. The molecule has 0 aliphatic rings. The van der Waals surface area contributed by atoms with Gasteiger partial charge in [0.15, 0.2) is 0 Å². The van der Waals surface area contributed by atoms with Crippen LogP contribution >= 0.6 is 11.6 Å². The summed E-state index contributed by atoms with van der Waals surface area (Å²) in [6.45, 7) is 2.70. The van der Waals surface area contributed by atoms with Crippen molar-refractivity contribution in [2.24, 2.45) is 0 Å². The van der Waals surface area contributed by atoms with Crippen LogP contribution in [0.3, 0.4) is 0 Å². The molecule has 1 aromatic heterocycles. The Labute approximate surface area is 110 Å². The van der Waals surface area contributed by atoms with E-state index in [2.05, 4.69) is 9.97 Å². The van der Waals surface area contributed by atoms with E-state index in [-0.39, 0.29) is 22.5 Å². The molecule has 0 saturated heterocycles. The lowest BCUT2D eigenvalue weighted by molar-refractivity contribution is -0.385. The predicted molar refractivity (Wildman–Crippen MR) is 68.2 cm³/mol. The first-order valence-corrected chi connectivity index (χ1v) is 5.73. The zero-order valence-corrected chi connectivity index (χ0v) is 11.3. The fraction of sp³-hybridized carbons (Fsp3) is 0.600. The summed E-state index contributed by atoms with van der Waals surface area (Å²) in [6, 6.07) is 0. The van der Waals surface area contributed by atoms with E-state index in [4.69, 9.17) is 16.3 Å². The zero-order chi connectivity index (χ0) is 13.7. The predicted octanol–water partition coefficient (Wildman–Crippen LogP) is 1.82. The van der Waals surface area contributed by atoms with Crippen LogP contribution in [0.2, 0.25) is 5.28 Å². The molecule has 7 nitrogen and oxygen atoms in total. The van der Waals surface area contributed by atoms with Gasteiger partial charge in [0.2, 0.25) is 11.1 Å². The number of aryl methyl sites for hydroxylation is 1. The Hall–Kier alpha value is -1.47. The van der Waals surface area contributed by atoms with E-state index in [0.717, 1.165) is 6.42 Å². The number of rotatable bonds is 6. The fourth-order valence-corrected chi connectivity index (χ4v) is 1.76. The molecule has 0 aliphatic heterocycles. The minimum atomic E-state index is -0.492. The number of nitrogens with zero attached hydrogens (tertiary/aromatic N) is 4. The summed E-state index contributed by atoms with van der Waals surface area (Å²) in [6.07, 6.45) is 0.741. The summed E-state index contributed by atoms with van der Waals surface area (Å²) < 4.78 is 4.93. The molecule has 1 aromatic rings. The lowest BCUT2D eigenvalue weighted by Gasteiger charge is -2.18. The lowest BCUT2D eigenvalue weighted by atomic mass is 10.3. The molecule has 8 heteroatoms. The van der Waals surface area contributed by atoms with Crippen molar-refractivity contribution in [3.63, 3.8) is 0 Å². The van der Waals surface area contributed by atoms with E-state index in [1.807, 2.05) is 0 Å². The fourth-order valence-electron chi connectivity index (χ4n) is 1.55. The molecule has 0 aromatic carbocycles. The first-order chi connectivity index (χ1) is 8.47. The van der Waals surface area contributed by atoms with Gasteiger partial charge in [0.25, 0.3) is 0 Å². The normalized spacial score (nSPS) is 10.4. The minimum absolute atomic E-state index is 0.00620. The molecule has 0 unspecified atom stereocenters. The highest BCUT2D eigenvalue weighted by atomic mass is 35.5. The maximum absolute atomic E-state index is 11.0. The molecule has 18 heavy (non-hydrogen) atoms. The van der Waals surface area contributed by atoms with Crippen molar-refractivity contribution in [1.82, 2.24) is 9.97 Å². The molecule has 0 N–H and O–H groups in total. The van der Waals surface area contributed by atoms with Gasteiger partial charge in [0.05, 0.1) is 4.92 Å². The Morgan fingerprint density at radius 3 is 2.72 bits per heavy atom. The van der Waals surface area contributed by atoms with Crippen molar-refractivity contribution in [2.75, 3.05) is 32.2 Å². The second-order valence-corrected chi connectivity index (χ2v) is 4.11. The summed E-state index contributed by atoms with van der Waals surface area (Å²) in [5.41, 5.74) is 0.146. The lowest BCUT2D eigenvalue weighted by Crippen LogP contribution is -2.22. The van der Waals surface area contributed by atoms with Crippen LogP contribution in [-0.2, 0) is 4.74 Å². The van der Waals surface area contributed by atoms with E-state index in [1.165, 1.54) is 6.92 Å². The van der Waals surface area contributed by atoms with Crippen LogP contribution in [0.15, 0.2) is 0 Å². The van der Waals surface area contributed by atoms with Gasteiger partial charge in [0.1, 0.15) is 5.69 Å². The highest BCUT2D eigenvalue weighted by Gasteiger charge is 2.24. The monoisotopic (exact) mass is 274 g/mol. The maximum Gasteiger partial charge on any atom is 0.332 e. The summed E-state index contributed by atoms with van der Waals surface area (Å²) in [5.74, 6) is 0.230. The van der Waals surface area contributed by atoms with E-state index >= 15 is 0 Å². The van der Waals surface area contributed by atoms with Crippen LogP contribution in [-0.4, -0.2) is 42.2 Å². The van der Waals surface area contributed by atoms with Crippen LogP contribution in [0, 0.1) is 17.0 Å². The number of aromatic nitrogens is 2. The number of anilines is 1. The second-order valence-electron chi connectivity index (χ2n) is 3.78. The van der Waals surface area contributed by atoms with Gasteiger partial charge in [-0.15, -0.1) is 0 Å². The number of halogens is 1. The average molecular weight is 275 g/mol. The minimum Gasteiger partial charge on any atom is -0.385 e. The zero-order valence-electron chi connectivity index (χ0n) is 10.5. The molecule has 0 aliphatic carbocycles. The van der Waals surface area contributed by atoms with Gasteiger partial charge < -0.3 is 9.64 Å². The number of methoxy groups -OCH3 is 1. The molecule has 0 bridgehead atoms. The molecule has 0 saturated carbocycles. The molecular weight excluding hydrogens is 260 g/mol. The standard InChI is InChI=1S/C10H15ClN4O3/c1-7-8(15(16)17)9(13-10(11)12-7)14(2)5-4-6-18-3/h4-6H2,1-3H3. The van der Waals surface area contributed by atoms with Gasteiger partial charge in [-0.3, -0.25) is 10.1 Å². The van der Waals surface area contributed by atoms with Gasteiger partial charge in [-0.25, -0.2) is 4.98 Å². The quantitative estimate of drug-likeness (QED) is 0.341. The van der Waals surface area contributed by atoms with Crippen molar-refractivity contribution < 1.29 is 9.66 Å². The largest absolute Gasteiger partial charge is 0.385 e. The highest BCUT2D eigenvalue weighted by molar-refractivity contribution is 6.28. The molecular formula is C10H15ClN4O3. The number of nitro groups is 1. The molecule has 0 amide bonds. The number of ether oxygens (including phenoxy) is 1. The van der Waals surface area contributed by atoms with E-state index in [1.54, 1.807) is 19.1 Å². The van der Waals surface area contributed by atoms with E-state index in [0.29, 0.717) is 13.2 Å². The SMILES string of the molecule is COCCCN(C)c1nc(Cl)nc(C)c1[N+](=O)[O-]. The van der Waals surface area contributed by atoms with Crippen molar-refractivity contribution in [1.29, 1.82) is 0 Å². The van der Waals surface area contributed by atoms with Crippen LogP contribution in [0.25, 0.3) is 0 Å². The van der Waals surface area contributed by atoms with Gasteiger partial charge >= 0.3 is 5.69 Å². The first kappa shape index (κ1) is 14.6. The van der Waals surface area contributed by atoms with Crippen molar-refractivity contribution in [3.05, 3.63) is 21.1 Å². The summed E-state index contributed by atoms with van der Waals surface area (Å²) in [4.78, 5) is 19.9. The third-order valence-electron chi connectivity index (χ3n) is 2.40. The first-order valence-electron chi connectivity index (χ1n) is 5.36. The van der Waals surface area contributed by atoms with Crippen molar-refractivity contribution in [2.45, 2.75) is 13.3 Å². The highest BCUT2D eigenvalue weighted by Crippen LogP contribution is 2.28. The van der Waals surface area contributed by atoms with Crippen LogP contribution in [0.4, 0.5) is 11.5 Å². The molecule has 100 valence electrons. The topological polar surface area (TPSA) is 81.4 Å².